The standard InChI is InChI=1S/C27H30N6O/c28-26-24(27(29)34)25(31-33(26)21-13-17(14-21)16-32-11-4-12-32)20-8-7-19-9-10-22(30-23(19)15-20)18-5-2-1-3-6-18/h1-3,5-10,15,17,21,27,34H,4,11-14,16,28-29H2/t17-,21+,27?. The van der Waals surface area contributed by atoms with Gasteiger partial charge in [0.1, 0.15) is 17.7 Å². The van der Waals surface area contributed by atoms with E-state index in [0.717, 1.165) is 47.1 Å². The van der Waals surface area contributed by atoms with E-state index >= 15 is 0 Å². The van der Waals surface area contributed by atoms with Crippen molar-refractivity contribution < 1.29 is 5.11 Å². The summed E-state index contributed by atoms with van der Waals surface area (Å²) in [5.74, 6) is 1.15. The van der Waals surface area contributed by atoms with Crippen molar-refractivity contribution in [2.24, 2.45) is 11.7 Å². The smallest absolute Gasteiger partial charge is 0.134 e. The number of benzene rings is 2. The Morgan fingerprint density at radius 1 is 1.00 bits per heavy atom. The first kappa shape index (κ1) is 21.3. The van der Waals surface area contributed by atoms with Crippen LogP contribution < -0.4 is 11.5 Å². The monoisotopic (exact) mass is 454 g/mol. The van der Waals surface area contributed by atoms with Crippen LogP contribution in [0.2, 0.25) is 0 Å². The van der Waals surface area contributed by atoms with Gasteiger partial charge in [0.15, 0.2) is 0 Å². The molecular weight excluding hydrogens is 424 g/mol. The van der Waals surface area contributed by atoms with Crippen molar-refractivity contribution in [2.75, 3.05) is 25.4 Å². The van der Waals surface area contributed by atoms with Crippen LogP contribution in [0.25, 0.3) is 33.4 Å². The summed E-state index contributed by atoms with van der Waals surface area (Å²) in [4.78, 5) is 7.40. The lowest BCUT2D eigenvalue weighted by molar-refractivity contribution is 0.0873. The molecule has 2 aromatic heterocycles. The highest BCUT2D eigenvalue weighted by Gasteiger charge is 2.36. The molecule has 34 heavy (non-hydrogen) atoms. The number of nitrogens with zero attached hydrogens (tertiary/aromatic N) is 4. The fourth-order valence-corrected chi connectivity index (χ4v) is 5.26. The lowest BCUT2D eigenvalue weighted by Gasteiger charge is -2.41. The summed E-state index contributed by atoms with van der Waals surface area (Å²) in [5.41, 5.74) is 17.3. The number of rotatable bonds is 6. The molecule has 0 radical (unpaired) electrons. The number of aliphatic hydroxyl groups excluding tert-OH is 1. The number of pyridine rings is 1. The van der Waals surface area contributed by atoms with Crippen LogP contribution in [0.4, 0.5) is 5.82 Å². The number of anilines is 1. The lowest BCUT2D eigenvalue weighted by Crippen LogP contribution is -2.44. The van der Waals surface area contributed by atoms with Gasteiger partial charge in [0.25, 0.3) is 0 Å². The molecule has 7 heteroatoms. The molecule has 0 bridgehead atoms. The summed E-state index contributed by atoms with van der Waals surface area (Å²) in [6.07, 6.45) is 2.24. The van der Waals surface area contributed by atoms with Gasteiger partial charge >= 0.3 is 0 Å². The van der Waals surface area contributed by atoms with Gasteiger partial charge in [-0.1, -0.05) is 48.5 Å². The number of fused-ring (bicyclic) bond motifs is 1. The zero-order valence-electron chi connectivity index (χ0n) is 19.1. The average Bonchev–Trinajstić information content (AvgIpc) is 3.13. The van der Waals surface area contributed by atoms with Crippen LogP contribution in [0.3, 0.4) is 0 Å². The van der Waals surface area contributed by atoms with Crippen molar-refractivity contribution in [3.05, 3.63) is 66.2 Å². The maximum absolute atomic E-state index is 10.4. The van der Waals surface area contributed by atoms with E-state index < -0.39 is 6.23 Å². The number of aromatic nitrogens is 3. The highest BCUT2D eigenvalue weighted by atomic mass is 16.3. The third-order valence-electron chi connectivity index (χ3n) is 7.34. The zero-order valence-corrected chi connectivity index (χ0v) is 19.1. The maximum Gasteiger partial charge on any atom is 0.134 e. The third kappa shape index (κ3) is 3.76. The highest BCUT2D eigenvalue weighted by molar-refractivity contribution is 5.86. The van der Waals surface area contributed by atoms with Crippen molar-refractivity contribution in [3.8, 4) is 22.5 Å². The van der Waals surface area contributed by atoms with Gasteiger partial charge in [-0.15, -0.1) is 0 Å². The molecule has 5 N–H and O–H groups in total. The predicted octanol–water partition coefficient (Wildman–Crippen LogP) is 3.95. The summed E-state index contributed by atoms with van der Waals surface area (Å²) < 4.78 is 1.88. The molecular formula is C27H30N6O. The minimum Gasteiger partial charge on any atom is -0.384 e. The van der Waals surface area contributed by atoms with E-state index in [2.05, 4.69) is 23.1 Å². The number of aliphatic hydroxyl groups is 1. The minimum absolute atomic E-state index is 0.251. The van der Waals surface area contributed by atoms with Crippen molar-refractivity contribution >= 4 is 16.7 Å². The van der Waals surface area contributed by atoms with Crippen LogP contribution in [0.5, 0.6) is 0 Å². The molecule has 7 nitrogen and oxygen atoms in total. The molecule has 1 atom stereocenters. The molecule has 3 heterocycles. The Kier molecular flexibility index (Phi) is 5.32. The lowest BCUT2D eigenvalue weighted by atomic mass is 9.79. The van der Waals surface area contributed by atoms with Crippen molar-refractivity contribution in [1.82, 2.24) is 19.7 Å². The Morgan fingerprint density at radius 2 is 1.76 bits per heavy atom. The summed E-state index contributed by atoms with van der Waals surface area (Å²) in [7, 11) is 0. The fraction of sp³-hybridized carbons (Fsp3) is 0.333. The predicted molar refractivity (Wildman–Crippen MR) is 135 cm³/mol. The van der Waals surface area contributed by atoms with Crippen LogP contribution in [0.1, 0.15) is 37.1 Å². The Balaban J connectivity index is 1.33. The molecule has 1 aliphatic heterocycles. The second kappa shape index (κ2) is 8.51. The van der Waals surface area contributed by atoms with E-state index in [-0.39, 0.29) is 6.04 Å². The summed E-state index contributed by atoms with van der Waals surface area (Å²) >= 11 is 0. The van der Waals surface area contributed by atoms with Gasteiger partial charge in [0, 0.05) is 23.1 Å². The van der Waals surface area contributed by atoms with Gasteiger partial charge in [0.05, 0.1) is 22.8 Å². The second-order valence-corrected chi connectivity index (χ2v) is 9.65. The Morgan fingerprint density at radius 3 is 2.47 bits per heavy atom. The van der Waals surface area contributed by atoms with Crippen molar-refractivity contribution in [3.63, 3.8) is 0 Å². The van der Waals surface area contributed by atoms with Crippen LogP contribution in [-0.4, -0.2) is 44.4 Å². The molecule has 1 saturated carbocycles. The van der Waals surface area contributed by atoms with E-state index in [1.54, 1.807) is 0 Å². The average molecular weight is 455 g/mol. The molecule has 6 rings (SSSR count). The van der Waals surface area contributed by atoms with Crippen molar-refractivity contribution in [2.45, 2.75) is 31.5 Å². The summed E-state index contributed by atoms with van der Waals surface area (Å²) in [5, 5.41) is 16.3. The Bertz CT molecular complexity index is 1320. The van der Waals surface area contributed by atoms with Crippen molar-refractivity contribution in [1.29, 1.82) is 0 Å². The normalized spacial score (nSPS) is 21.2. The first-order valence-electron chi connectivity index (χ1n) is 12.1. The molecule has 1 unspecified atom stereocenters. The van der Waals surface area contributed by atoms with E-state index in [1.807, 2.05) is 47.1 Å². The maximum atomic E-state index is 10.4. The molecule has 0 amide bonds. The number of likely N-dealkylation sites (tertiary alicyclic amines) is 1. The first-order valence-corrected chi connectivity index (χ1v) is 12.1. The number of hydrogen-bond acceptors (Lipinski definition) is 6. The topological polar surface area (TPSA) is 106 Å². The van der Waals surface area contributed by atoms with Gasteiger partial charge in [-0.3, -0.25) is 0 Å². The molecule has 0 spiro atoms. The van der Waals surface area contributed by atoms with E-state index in [9.17, 15) is 5.11 Å². The van der Waals surface area contributed by atoms with Gasteiger partial charge in [0.2, 0.25) is 0 Å². The third-order valence-corrected chi connectivity index (χ3v) is 7.34. The van der Waals surface area contributed by atoms with Crippen LogP contribution in [0.15, 0.2) is 60.7 Å². The van der Waals surface area contributed by atoms with Crippen LogP contribution in [-0.2, 0) is 0 Å². The molecule has 174 valence electrons. The highest BCUT2D eigenvalue weighted by Crippen LogP contribution is 2.42. The van der Waals surface area contributed by atoms with E-state index in [0.29, 0.717) is 23.0 Å². The Labute approximate surface area is 199 Å². The van der Waals surface area contributed by atoms with Crippen LogP contribution >= 0.6 is 0 Å². The van der Waals surface area contributed by atoms with Gasteiger partial charge < -0.3 is 21.5 Å². The first-order chi connectivity index (χ1) is 16.6. The second-order valence-electron chi connectivity index (χ2n) is 9.65. The molecule has 4 aromatic rings. The van der Waals surface area contributed by atoms with Crippen LogP contribution in [0, 0.1) is 5.92 Å². The molecule has 2 fully saturated rings. The largest absolute Gasteiger partial charge is 0.384 e. The Hall–Kier alpha value is -3.26. The van der Waals surface area contributed by atoms with Gasteiger partial charge in [-0.05, 0) is 50.4 Å². The quantitative estimate of drug-likeness (QED) is 0.381. The number of hydrogen-bond donors (Lipinski definition) is 3. The molecule has 2 aliphatic rings. The fourth-order valence-electron chi connectivity index (χ4n) is 5.26. The molecule has 1 saturated heterocycles. The minimum atomic E-state index is -1.19. The van der Waals surface area contributed by atoms with Gasteiger partial charge in [-0.2, -0.15) is 5.10 Å². The SMILES string of the molecule is Nc1c(C(N)O)c(-c2ccc3ccc(-c4ccccc4)nc3c2)nn1[C@H]1C[C@@H](CN2CCC2)C1. The van der Waals surface area contributed by atoms with E-state index in [1.165, 1.54) is 19.5 Å². The number of nitrogen functional groups attached to an aromatic ring is 1. The summed E-state index contributed by atoms with van der Waals surface area (Å²) in [6.45, 7) is 3.61. The number of nitrogens with two attached hydrogens (primary N) is 2. The van der Waals surface area contributed by atoms with E-state index in [4.69, 9.17) is 21.5 Å². The van der Waals surface area contributed by atoms with Gasteiger partial charge in [-0.25, -0.2) is 9.67 Å². The molecule has 2 aromatic carbocycles. The summed E-state index contributed by atoms with van der Waals surface area (Å²) in [6, 6.07) is 20.5. The zero-order chi connectivity index (χ0) is 23.2. The molecule has 1 aliphatic carbocycles.